The molecule has 0 unspecified atom stereocenters. The Balaban J connectivity index is 2.50. The third-order valence-electron chi connectivity index (χ3n) is 2.65. The maximum atomic E-state index is 12.0. The minimum Gasteiger partial charge on any atom is -0.394 e. The first-order chi connectivity index (χ1) is 8.61. The van der Waals surface area contributed by atoms with Gasteiger partial charge < -0.3 is 15.4 Å². The molecule has 0 fully saturated rings. The highest BCUT2D eigenvalue weighted by Crippen LogP contribution is 2.14. The molecule has 0 aliphatic carbocycles. The highest BCUT2D eigenvalue weighted by molar-refractivity contribution is 6.06. The largest absolute Gasteiger partial charge is 0.394 e. The van der Waals surface area contributed by atoms with Gasteiger partial charge in [0.1, 0.15) is 0 Å². The van der Waals surface area contributed by atoms with E-state index >= 15 is 0 Å². The highest BCUT2D eigenvalue weighted by Gasteiger charge is 2.13. The van der Waals surface area contributed by atoms with Crippen molar-refractivity contribution in [3.05, 3.63) is 46.2 Å². The molecule has 0 radical (unpaired) electrons. The van der Waals surface area contributed by atoms with Crippen LogP contribution in [0.25, 0.3) is 10.9 Å². The fourth-order valence-electron chi connectivity index (χ4n) is 1.74. The summed E-state index contributed by atoms with van der Waals surface area (Å²) in [7, 11) is 0. The summed E-state index contributed by atoms with van der Waals surface area (Å²) in [4.78, 5) is 26.2. The van der Waals surface area contributed by atoms with E-state index in [-0.39, 0.29) is 24.1 Å². The van der Waals surface area contributed by atoms with Crippen LogP contribution in [-0.2, 0) is 0 Å². The van der Waals surface area contributed by atoms with Crippen molar-refractivity contribution in [2.45, 2.75) is 13.0 Å². The Bertz CT molecular complexity index is 633. The van der Waals surface area contributed by atoms with Crippen molar-refractivity contribution in [3.8, 4) is 0 Å². The fraction of sp³-hybridized carbons (Fsp3) is 0.231. The summed E-state index contributed by atoms with van der Waals surface area (Å²) >= 11 is 0. The van der Waals surface area contributed by atoms with Crippen molar-refractivity contribution in [2.24, 2.45) is 0 Å². The summed E-state index contributed by atoms with van der Waals surface area (Å²) in [5.41, 5.74) is 0.608. The van der Waals surface area contributed by atoms with Crippen LogP contribution >= 0.6 is 0 Å². The molecule has 2 rings (SSSR count). The van der Waals surface area contributed by atoms with E-state index < -0.39 is 0 Å². The van der Waals surface area contributed by atoms with E-state index in [0.29, 0.717) is 16.5 Å². The van der Waals surface area contributed by atoms with Gasteiger partial charge in [-0.2, -0.15) is 0 Å². The molecule has 1 heterocycles. The standard InChI is InChI=1S/C13H14N2O3/c1-8(7-16)14-13(18)10-6-12(17)15-11-5-3-2-4-9(10)11/h2-6,8,16H,7H2,1H3,(H,14,18)(H,15,17)/t8-/m1/s1. The first-order valence-corrected chi connectivity index (χ1v) is 5.65. The van der Waals surface area contributed by atoms with Crippen molar-refractivity contribution >= 4 is 16.8 Å². The van der Waals surface area contributed by atoms with Crippen LogP contribution in [0.1, 0.15) is 17.3 Å². The Labute approximate surface area is 103 Å². The van der Waals surface area contributed by atoms with E-state index in [9.17, 15) is 9.59 Å². The number of para-hydroxylation sites is 1. The number of carbonyl (C=O) groups is 1. The number of hydrogen-bond donors (Lipinski definition) is 3. The average molecular weight is 246 g/mol. The first-order valence-electron chi connectivity index (χ1n) is 5.65. The fourth-order valence-corrected chi connectivity index (χ4v) is 1.74. The second kappa shape index (κ2) is 5.01. The number of aliphatic hydroxyl groups is 1. The summed E-state index contributed by atoms with van der Waals surface area (Å²) in [6, 6.07) is 8.01. The lowest BCUT2D eigenvalue weighted by atomic mass is 10.1. The van der Waals surface area contributed by atoms with Crippen LogP contribution in [0.5, 0.6) is 0 Å². The number of nitrogens with one attached hydrogen (secondary N) is 2. The highest BCUT2D eigenvalue weighted by atomic mass is 16.3. The Hall–Kier alpha value is -2.14. The van der Waals surface area contributed by atoms with Crippen LogP contribution in [-0.4, -0.2) is 28.6 Å². The number of aliphatic hydroxyl groups excluding tert-OH is 1. The molecule has 5 nitrogen and oxygen atoms in total. The Morgan fingerprint density at radius 3 is 2.89 bits per heavy atom. The summed E-state index contributed by atoms with van der Waals surface area (Å²) < 4.78 is 0. The summed E-state index contributed by atoms with van der Waals surface area (Å²) in [6.07, 6.45) is 0. The normalized spacial score (nSPS) is 12.3. The molecule has 0 aliphatic rings. The number of H-pyrrole nitrogens is 1. The molecule has 1 amide bonds. The van der Waals surface area contributed by atoms with Crippen LogP contribution in [0.2, 0.25) is 0 Å². The van der Waals surface area contributed by atoms with Gasteiger partial charge in [0, 0.05) is 23.0 Å². The van der Waals surface area contributed by atoms with Gasteiger partial charge in [-0.3, -0.25) is 9.59 Å². The lowest BCUT2D eigenvalue weighted by Crippen LogP contribution is -2.35. The Morgan fingerprint density at radius 1 is 1.44 bits per heavy atom. The third kappa shape index (κ3) is 2.41. The lowest BCUT2D eigenvalue weighted by Gasteiger charge is -2.11. The topological polar surface area (TPSA) is 82.2 Å². The molecule has 5 heteroatoms. The predicted molar refractivity (Wildman–Crippen MR) is 68.6 cm³/mol. The van der Waals surface area contributed by atoms with Gasteiger partial charge in [-0.1, -0.05) is 18.2 Å². The van der Waals surface area contributed by atoms with Gasteiger partial charge in [0.15, 0.2) is 0 Å². The van der Waals surface area contributed by atoms with Gasteiger partial charge in [-0.05, 0) is 13.0 Å². The van der Waals surface area contributed by atoms with Crippen molar-refractivity contribution in [1.82, 2.24) is 10.3 Å². The molecule has 3 N–H and O–H groups in total. The average Bonchev–Trinajstić information content (AvgIpc) is 2.37. The molecule has 0 bridgehead atoms. The van der Waals surface area contributed by atoms with Gasteiger partial charge in [-0.25, -0.2) is 0 Å². The number of benzene rings is 1. The summed E-state index contributed by atoms with van der Waals surface area (Å²) in [5.74, 6) is -0.362. The number of hydrogen-bond acceptors (Lipinski definition) is 3. The molecule has 0 saturated heterocycles. The quantitative estimate of drug-likeness (QED) is 0.743. The molecule has 0 saturated carbocycles. The molecule has 2 aromatic rings. The molecule has 94 valence electrons. The molecular formula is C13H14N2O3. The Kier molecular flexibility index (Phi) is 3.43. The number of pyridine rings is 1. The van der Waals surface area contributed by atoms with Crippen LogP contribution in [0.3, 0.4) is 0 Å². The minimum absolute atomic E-state index is 0.146. The number of amides is 1. The maximum Gasteiger partial charge on any atom is 0.252 e. The van der Waals surface area contributed by atoms with Gasteiger partial charge in [-0.15, -0.1) is 0 Å². The molecule has 18 heavy (non-hydrogen) atoms. The molecule has 1 atom stereocenters. The zero-order chi connectivity index (χ0) is 13.1. The predicted octanol–water partition coefficient (Wildman–Crippen LogP) is 0.639. The van der Waals surface area contributed by atoms with Crippen molar-refractivity contribution < 1.29 is 9.90 Å². The van der Waals surface area contributed by atoms with Crippen LogP contribution in [0.15, 0.2) is 35.1 Å². The van der Waals surface area contributed by atoms with E-state index in [4.69, 9.17) is 5.11 Å². The van der Waals surface area contributed by atoms with Crippen molar-refractivity contribution in [2.75, 3.05) is 6.61 Å². The smallest absolute Gasteiger partial charge is 0.252 e. The second-order valence-electron chi connectivity index (χ2n) is 4.15. The molecule has 0 aliphatic heterocycles. The van der Waals surface area contributed by atoms with E-state index in [1.165, 1.54) is 6.07 Å². The van der Waals surface area contributed by atoms with Crippen molar-refractivity contribution in [1.29, 1.82) is 0 Å². The van der Waals surface area contributed by atoms with Crippen LogP contribution < -0.4 is 10.9 Å². The summed E-state index contributed by atoms with van der Waals surface area (Å²) in [6.45, 7) is 1.54. The van der Waals surface area contributed by atoms with Gasteiger partial charge in [0.05, 0.1) is 12.2 Å². The first kappa shape index (κ1) is 12.3. The van der Waals surface area contributed by atoms with E-state index in [0.717, 1.165) is 0 Å². The number of aromatic amines is 1. The van der Waals surface area contributed by atoms with Gasteiger partial charge >= 0.3 is 0 Å². The number of aromatic nitrogens is 1. The molecule has 1 aromatic carbocycles. The number of fused-ring (bicyclic) bond motifs is 1. The van der Waals surface area contributed by atoms with Crippen LogP contribution in [0.4, 0.5) is 0 Å². The second-order valence-corrected chi connectivity index (χ2v) is 4.15. The van der Waals surface area contributed by atoms with Gasteiger partial charge in [0.25, 0.3) is 5.91 Å². The minimum atomic E-state index is -0.362. The number of rotatable bonds is 3. The monoisotopic (exact) mass is 246 g/mol. The molecule has 1 aromatic heterocycles. The SMILES string of the molecule is C[C@H](CO)NC(=O)c1cc(=O)[nH]c2ccccc12. The zero-order valence-corrected chi connectivity index (χ0v) is 9.93. The van der Waals surface area contributed by atoms with Gasteiger partial charge in [0.2, 0.25) is 5.56 Å². The third-order valence-corrected chi connectivity index (χ3v) is 2.65. The zero-order valence-electron chi connectivity index (χ0n) is 9.93. The number of carbonyl (C=O) groups excluding carboxylic acids is 1. The van der Waals surface area contributed by atoms with Crippen LogP contribution in [0, 0.1) is 0 Å². The molecular weight excluding hydrogens is 232 g/mol. The molecule has 0 spiro atoms. The maximum absolute atomic E-state index is 12.0. The lowest BCUT2D eigenvalue weighted by molar-refractivity contribution is 0.0924. The Morgan fingerprint density at radius 2 is 2.17 bits per heavy atom. The van der Waals surface area contributed by atoms with Crippen molar-refractivity contribution in [3.63, 3.8) is 0 Å². The summed E-state index contributed by atoms with van der Waals surface area (Å²) in [5, 5.41) is 12.2. The van der Waals surface area contributed by atoms with E-state index in [1.54, 1.807) is 31.2 Å². The van der Waals surface area contributed by atoms with E-state index in [2.05, 4.69) is 10.3 Å². The van der Waals surface area contributed by atoms with E-state index in [1.807, 2.05) is 0 Å².